The van der Waals surface area contributed by atoms with E-state index in [1.54, 1.807) is 30.3 Å². The van der Waals surface area contributed by atoms with Crippen LogP contribution in [0.25, 0.3) is 0 Å². The minimum absolute atomic E-state index is 0.0122. The van der Waals surface area contributed by atoms with Crippen molar-refractivity contribution < 1.29 is 14.3 Å². The van der Waals surface area contributed by atoms with Crippen molar-refractivity contribution in [1.29, 1.82) is 0 Å². The molecule has 0 fully saturated rings. The normalized spacial score (nSPS) is 10.0. The summed E-state index contributed by atoms with van der Waals surface area (Å²) >= 11 is 14.2. The molecular formula is C18H17BrClN3O3S. The Morgan fingerprint density at radius 2 is 1.81 bits per heavy atom. The highest BCUT2D eigenvalue weighted by Crippen LogP contribution is 2.21. The number of hydrogen-bond acceptors (Lipinski definition) is 4. The molecule has 3 N–H and O–H groups in total. The van der Waals surface area contributed by atoms with Gasteiger partial charge in [0.25, 0.3) is 5.91 Å². The van der Waals surface area contributed by atoms with E-state index in [-0.39, 0.29) is 24.0 Å². The van der Waals surface area contributed by atoms with E-state index in [1.807, 2.05) is 19.1 Å². The van der Waals surface area contributed by atoms with Crippen LogP contribution in [0.4, 0.5) is 0 Å². The van der Waals surface area contributed by atoms with Gasteiger partial charge in [0.15, 0.2) is 11.7 Å². The summed E-state index contributed by atoms with van der Waals surface area (Å²) in [5, 5.41) is 3.06. The van der Waals surface area contributed by atoms with E-state index in [4.69, 9.17) is 28.6 Å². The van der Waals surface area contributed by atoms with Crippen LogP contribution in [0, 0.1) is 6.92 Å². The van der Waals surface area contributed by atoms with Crippen molar-refractivity contribution in [2.24, 2.45) is 0 Å². The number of halogens is 2. The molecule has 0 radical (unpaired) electrons. The van der Waals surface area contributed by atoms with Crippen LogP contribution in [-0.2, 0) is 16.0 Å². The maximum Gasteiger partial charge on any atom is 0.276 e. The molecular weight excluding hydrogens is 454 g/mol. The Labute approximate surface area is 175 Å². The van der Waals surface area contributed by atoms with Crippen LogP contribution in [0.15, 0.2) is 46.9 Å². The Morgan fingerprint density at radius 3 is 2.48 bits per heavy atom. The van der Waals surface area contributed by atoms with Gasteiger partial charge in [-0.2, -0.15) is 0 Å². The fourth-order valence-electron chi connectivity index (χ4n) is 2.01. The van der Waals surface area contributed by atoms with E-state index in [1.165, 1.54) is 0 Å². The van der Waals surface area contributed by atoms with Gasteiger partial charge in [-0.05, 0) is 60.6 Å². The first-order valence-electron chi connectivity index (χ1n) is 7.85. The molecule has 142 valence electrons. The number of ether oxygens (including phenoxy) is 1. The Hall–Kier alpha value is -2.16. The molecule has 0 aliphatic heterocycles. The van der Waals surface area contributed by atoms with Crippen LogP contribution in [0.3, 0.4) is 0 Å². The SMILES string of the molecule is Cc1cc(OCC(=O)NNC(=S)NC(=O)Cc2ccc(Cl)cc2)ccc1Br. The van der Waals surface area contributed by atoms with E-state index in [9.17, 15) is 9.59 Å². The van der Waals surface area contributed by atoms with Gasteiger partial charge < -0.3 is 10.1 Å². The molecule has 0 aliphatic carbocycles. The van der Waals surface area contributed by atoms with Crippen molar-refractivity contribution in [3.63, 3.8) is 0 Å². The molecule has 9 heteroatoms. The van der Waals surface area contributed by atoms with Crippen molar-refractivity contribution in [3.8, 4) is 5.75 Å². The predicted octanol–water partition coefficient (Wildman–Crippen LogP) is 3.05. The number of hydrazine groups is 1. The predicted molar refractivity (Wildman–Crippen MR) is 112 cm³/mol. The molecule has 27 heavy (non-hydrogen) atoms. The first-order valence-corrected chi connectivity index (χ1v) is 9.43. The summed E-state index contributed by atoms with van der Waals surface area (Å²) in [6.45, 7) is 1.72. The van der Waals surface area contributed by atoms with Crippen molar-refractivity contribution in [3.05, 3.63) is 63.1 Å². The minimum Gasteiger partial charge on any atom is -0.484 e. The molecule has 2 rings (SSSR count). The fraction of sp³-hybridized carbons (Fsp3) is 0.167. The zero-order valence-corrected chi connectivity index (χ0v) is 17.5. The van der Waals surface area contributed by atoms with Gasteiger partial charge in [0.1, 0.15) is 5.75 Å². The van der Waals surface area contributed by atoms with Gasteiger partial charge in [0, 0.05) is 9.50 Å². The van der Waals surface area contributed by atoms with Gasteiger partial charge >= 0.3 is 0 Å². The van der Waals surface area contributed by atoms with Gasteiger partial charge in [0.2, 0.25) is 5.91 Å². The second-order valence-corrected chi connectivity index (χ2v) is 7.25. The largest absolute Gasteiger partial charge is 0.484 e. The molecule has 0 unspecified atom stereocenters. The lowest BCUT2D eigenvalue weighted by Crippen LogP contribution is -2.49. The van der Waals surface area contributed by atoms with Crippen LogP contribution in [0.1, 0.15) is 11.1 Å². The average molecular weight is 471 g/mol. The quantitative estimate of drug-likeness (QED) is 0.462. The van der Waals surface area contributed by atoms with Crippen molar-refractivity contribution in [2.45, 2.75) is 13.3 Å². The van der Waals surface area contributed by atoms with Crippen LogP contribution < -0.4 is 20.9 Å². The lowest BCUT2D eigenvalue weighted by Gasteiger charge is -2.12. The lowest BCUT2D eigenvalue weighted by molar-refractivity contribution is -0.124. The first-order chi connectivity index (χ1) is 12.8. The zero-order chi connectivity index (χ0) is 19.8. The number of rotatable bonds is 5. The molecule has 6 nitrogen and oxygen atoms in total. The lowest BCUT2D eigenvalue weighted by atomic mass is 10.1. The van der Waals surface area contributed by atoms with Crippen molar-refractivity contribution in [1.82, 2.24) is 16.2 Å². The van der Waals surface area contributed by atoms with E-state index >= 15 is 0 Å². The third kappa shape index (κ3) is 7.54. The van der Waals surface area contributed by atoms with E-state index < -0.39 is 5.91 Å². The maximum absolute atomic E-state index is 11.9. The Kier molecular flexibility index (Phi) is 8.02. The van der Waals surface area contributed by atoms with E-state index in [0.717, 1.165) is 15.6 Å². The summed E-state index contributed by atoms with van der Waals surface area (Å²) in [5.74, 6) is -0.180. The zero-order valence-electron chi connectivity index (χ0n) is 14.3. The van der Waals surface area contributed by atoms with Crippen molar-refractivity contribution in [2.75, 3.05) is 6.61 Å². The van der Waals surface area contributed by atoms with Crippen LogP contribution in [0.2, 0.25) is 5.02 Å². The molecule has 0 spiro atoms. The molecule has 0 aromatic heterocycles. The summed E-state index contributed by atoms with van der Waals surface area (Å²) in [6, 6.07) is 12.3. The summed E-state index contributed by atoms with van der Waals surface area (Å²) in [7, 11) is 0. The third-order valence-corrected chi connectivity index (χ3v) is 4.69. The second kappa shape index (κ2) is 10.2. The van der Waals surface area contributed by atoms with E-state index in [0.29, 0.717) is 10.8 Å². The number of amides is 2. The molecule has 2 aromatic carbocycles. The van der Waals surface area contributed by atoms with Crippen LogP contribution in [-0.4, -0.2) is 23.5 Å². The molecule has 0 heterocycles. The van der Waals surface area contributed by atoms with Crippen LogP contribution in [0.5, 0.6) is 5.75 Å². The molecule has 2 aromatic rings. The maximum atomic E-state index is 11.9. The summed E-state index contributed by atoms with van der Waals surface area (Å²) in [6.07, 6.45) is 0.138. The summed E-state index contributed by atoms with van der Waals surface area (Å²) in [5.41, 5.74) is 6.60. The second-order valence-electron chi connectivity index (χ2n) is 5.55. The minimum atomic E-state index is -0.440. The number of carbonyl (C=O) groups excluding carboxylic acids is 2. The molecule has 0 bridgehead atoms. The standard InChI is InChI=1S/C18H17BrClN3O3S/c1-11-8-14(6-7-15(11)19)26-10-17(25)22-23-18(27)21-16(24)9-12-2-4-13(20)5-3-12/h2-8H,9-10H2,1H3,(H,22,25)(H2,21,23,24,27). The monoisotopic (exact) mass is 469 g/mol. The summed E-state index contributed by atoms with van der Waals surface area (Å²) in [4.78, 5) is 23.7. The number of benzene rings is 2. The number of hydrogen-bond donors (Lipinski definition) is 3. The molecule has 0 saturated heterocycles. The highest BCUT2D eigenvalue weighted by Gasteiger charge is 2.08. The Morgan fingerprint density at radius 1 is 1.11 bits per heavy atom. The molecule has 0 saturated carbocycles. The van der Waals surface area contributed by atoms with E-state index in [2.05, 4.69) is 32.1 Å². The fourth-order valence-corrected chi connectivity index (χ4v) is 2.55. The van der Waals surface area contributed by atoms with Gasteiger partial charge in [-0.3, -0.25) is 20.4 Å². The molecule has 0 atom stereocenters. The number of thiocarbonyl (C=S) groups is 1. The average Bonchev–Trinajstić information content (AvgIpc) is 2.63. The topological polar surface area (TPSA) is 79.5 Å². The number of aryl methyl sites for hydroxylation is 1. The molecule has 0 aliphatic rings. The van der Waals surface area contributed by atoms with Gasteiger partial charge in [-0.15, -0.1) is 0 Å². The van der Waals surface area contributed by atoms with Gasteiger partial charge in [-0.25, -0.2) is 0 Å². The number of carbonyl (C=O) groups is 2. The highest BCUT2D eigenvalue weighted by molar-refractivity contribution is 9.10. The first kappa shape index (κ1) is 21.1. The molecule has 2 amide bonds. The van der Waals surface area contributed by atoms with Crippen LogP contribution >= 0.6 is 39.7 Å². The summed E-state index contributed by atoms with van der Waals surface area (Å²) < 4.78 is 6.35. The van der Waals surface area contributed by atoms with Gasteiger partial charge in [-0.1, -0.05) is 39.7 Å². The Bertz CT molecular complexity index is 846. The number of nitrogens with one attached hydrogen (secondary N) is 3. The van der Waals surface area contributed by atoms with Gasteiger partial charge in [0.05, 0.1) is 6.42 Å². The Balaban J connectivity index is 1.69. The third-order valence-electron chi connectivity index (χ3n) is 3.35. The highest BCUT2D eigenvalue weighted by atomic mass is 79.9. The smallest absolute Gasteiger partial charge is 0.276 e. The van der Waals surface area contributed by atoms with Crippen molar-refractivity contribution >= 4 is 56.7 Å².